The Morgan fingerprint density at radius 1 is 0.759 bits per heavy atom. The van der Waals surface area contributed by atoms with Gasteiger partial charge in [0, 0.05) is 0 Å². The molecule has 0 N–H and O–H groups in total. The number of anilines is 1. The number of hydrogen-bond donors (Lipinski definition) is 0. The SMILES string of the molecule is COc1ccc(CN(c2ccc(C)cc2)S(=O)(=O)c2ccc(C)cc2)cc1OC. The molecule has 0 atom stereocenters. The normalized spacial score (nSPS) is 11.2. The van der Waals surface area contributed by atoms with Crippen molar-refractivity contribution < 1.29 is 17.9 Å². The molecular weight excluding hydrogens is 386 g/mol. The van der Waals surface area contributed by atoms with Crippen LogP contribution in [0.5, 0.6) is 11.5 Å². The van der Waals surface area contributed by atoms with Gasteiger partial charge in [0.2, 0.25) is 0 Å². The molecule has 0 amide bonds. The zero-order chi connectivity index (χ0) is 21.0. The molecule has 5 nitrogen and oxygen atoms in total. The van der Waals surface area contributed by atoms with Crippen LogP contribution in [0.4, 0.5) is 5.69 Å². The van der Waals surface area contributed by atoms with E-state index < -0.39 is 10.0 Å². The van der Waals surface area contributed by atoms with Crippen LogP contribution in [0.15, 0.2) is 71.6 Å². The van der Waals surface area contributed by atoms with Crippen LogP contribution >= 0.6 is 0 Å². The van der Waals surface area contributed by atoms with Crippen LogP contribution in [0.1, 0.15) is 16.7 Å². The quantitative estimate of drug-likeness (QED) is 0.565. The van der Waals surface area contributed by atoms with E-state index in [0.29, 0.717) is 17.2 Å². The Labute approximate surface area is 172 Å². The van der Waals surface area contributed by atoms with Crippen molar-refractivity contribution in [3.63, 3.8) is 0 Å². The summed E-state index contributed by atoms with van der Waals surface area (Å²) in [7, 11) is -0.631. The summed E-state index contributed by atoms with van der Waals surface area (Å²) in [5, 5.41) is 0. The first-order valence-corrected chi connectivity index (χ1v) is 10.7. The highest BCUT2D eigenvalue weighted by Crippen LogP contribution is 2.31. The molecule has 0 aliphatic carbocycles. The summed E-state index contributed by atoms with van der Waals surface area (Å²) < 4.78 is 39.0. The maximum absolute atomic E-state index is 13.5. The number of aryl methyl sites for hydroxylation is 2. The number of hydrogen-bond acceptors (Lipinski definition) is 4. The smallest absolute Gasteiger partial charge is 0.264 e. The van der Waals surface area contributed by atoms with Crippen molar-refractivity contribution in [3.8, 4) is 11.5 Å². The van der Waals surface area contributed by atoms with Crippen molar-refractivity contribution in [2.24, 2.45) is 0 Å². The third-order valence-corrected chi connectivity index (χ3v) is 6.49. The van der Waals surface area contributed by atoms with Gasteiger partial charge in [-0.2, -0.15) is 0 Å². The van der Waals surface area contributed by atoms with Gasteiger partial charge in [0.15, 0.2) is 11.5 Å². The van der Waals surface area contributed by atoms with Gasteiger partial charge in [0.25, 0.3) is 10.0 Å². The molecule has 29 heavy (non-hydrogen) atoms. The van der Waals surface area contributed by atoms with E-state index in [1.165, 1.54) is 4.31 Å². The lowest BCUT2D eigenvalue weighted by Gasteiger charge is -2.25. The van der Waals surface area contributed by atoms with E-state index >= 15 is 0 Å². The van der Waals surface area contributed by atoms with Gasteiger partial charge >= 0.3 is 0 Å². The minimum atomic E-state index is -3.76. The summed E-state index contributed by atoms with van der Waals surface area (Å²) in [6.07, 6.45) is 0. The summed E-state index contributed by atoms with van der Waals surface area (Å²) in [6, 6.07) is 19.7. The monoisotopic (exact) mass is 411 g/mol. The van der Waals surface area contributed by atoms with Gasteiger partial charge in [-0.15, -0.1) is 0 Å². The van der Waals surface area contributed by atoms with Crippen LogP contribution in [-0.2, 0) is 16.6 Å². The van der Waals surface area contributed by atoms with Crippen molar-refractivity contribution in [1.29, 1.82) is 0 Å². The molecule has 3 aromatic carbocycles. The minimum absolute atomic E-state index is 0.166. The zero-order valence-corrected chi connectivity index (χ0v) is 17.9. The molecule has 0 unspecified atom stereocenters. The molecule has 6 heteroatoms. The molecule has 3 rings (SSSR count). The van der Waals surface area contributed by atoms with Crippen LogP contribution in [0.25, 0.3) is 0 Å². The molecule has 0 aliphatic rings. The standard InChI is InChI=1S/C23H25NO4S/c1-17-5-10-20(11-6-17)24(29(25,26)21-12-7-18(2)8-13-21)16-19-9-14-22(27-3)23(15-19)28-4/h5-15H,16H2,1-4H3. The Morgan fingerprint density at radius 2 is 1.31 bits per heavy atom. The van der Waals surface area contributed by atoms with Gasteiger partial charge in [-0.1, -0.05) is 41.5 Å². The lowest BCUT2D eigenvalue weighted by Crippen LogP contribution is -2.30. The Balaban J connectivity index is 2.06. The lowest BCUT2D eigenvalue weighted by atomic mass is 10.2. The maximum atomic E-state index is 13.5. The van der Waals surface area contributed by atoms with Crippen molar-refractivity contribution >= 4 is 15.7 Å². The third kappa shape index (κ3) is 4.54. The highest BCUT2D eigenvalue weighted by atomic mass is 32.2. The fourth-order valence-corrected chi connectivity index (χ4v) is 4.46. The highest BCUT2D eigenvalue weighted by molar-refractivity contribution is 7.92. The fourth-order valence-electron chi connectivity index (χ4n) is 3.01. The predicted molar refractivity (Wildman–Crippen MR) is 115 cm³/mol. The fraction of sp³-hybridized carbons (Fsp3) is 0.217. The summed E-state index contributed by atoms with van der Waals surface area (Å²) in [5.74, 6) is 1.15. The van der Waals surface area contributed by atoms with Crippen molar-refractivity contribution in [1.82, 2.24) is 0 Å². The highest BCUT2D eigenvalue weighted by Gasteiger charge is 2.25. The predicted octanol–water partition coefficient (Wildman–Crippen LogP) is 4.72. The molecule has 0 aromatic heterocycles. The summed E-state index contributed by atoms with van der Waals surface area (Å²) in [6.45, 7) is 4.06. The molecule has 0 radical (unpaired) electrons. The number of sulfonamides is 1. The van der Waals surface area contributed by atoms with Gasteiger partial charge in [0.05, 0.1) is 31.3 Å². The molecule has 3 aromatic rings. The molecular formula is C23H25NO4S. The van der Waals surface area contributed by atoms with E-state index in [-0.39, 0.29) is 11.4 Å². The molecule has 0 bridgehead atoms. The second-order valence-corrected chi connectivity index (χ2v) is 8.71. The van der Waals surface area contributed by atoms with Gasteiger partial charge in [-0.3, -0.25) is 4.31 Å². The summed E-state index contributed by atoms with van der Waals surface area (Å²) in [5.41, 5.74) is 3.46. The number of nitrogens with zero attached hydrogens (tertiary/aromatic N) is 1. The van der Waals surface area contributed by atoms with E-state index in [1.807, 2.05) is 44.2 Å². The van der Waals surface area contributed by atoms with Crippen LogP contribution < -0.4 is 13.8 Å². The molecule has 0 saturated heterocycles. The molecule has 0 saturated carbocycles. The third-order valence-electron chi connectivity index (χ3n) is 4.71. The van der Waals surface area contributed by atoms with Crippen molar-refractivity contribution in [2.45, 2.75) is 25.3 Å². The van der Waals surface area contributed by atoms with Gasteiger partial charge in [0.1, 0.15) is 0 Å². The zero-order valence-electron chi connectivity index (χ0n) is 17.0. The Hall–Kier alpha value is -2.99. The van der Waals surface area contributed by atoms with Crippen LogP contribution in [0, 0.1) is 13.8 Å². The largest absolute Gasteiger partial charge is 0.493 e. The average Bonchev–Trinajstić information content (AvgIpc) is 2.72. The molecule has 0 fully saturated rings. The van der Waals surface area contributed by atoms with E-state index in [1.54, 1.807) is 50.6 Å². The molecule has 0 heterocycles. The average molecular weight is 412 g/mol. The number of rotatable bonds is 7. The Bertz CT molecular complexity index is 1070. The summed E-state index contributed by atoms with van der Waals surface area (Å²) >= 11 is 0. The molecule has 152 valence electrons. The van der Waals surface area contributed by atoms with Gasteiger partial charge < -0.3 is 9.47 Å². The lowest BCUT2D eigenvalue weighted by molar-refractivity contribution is 0.354. The first-order chi connectivity index (χ1) is 13.8. The van der Waals surface area contributed by atoms with E-state index in [0.717, 1.165) is 16.7 Å². The van der Waals surface area contributed by atoms with Gasteiger partial charge in [-0.25, -0.2) is 8.42 Å². The topological polar surface area (TPSA) is 55.8 Å². The maximum Gasteiger partial charge on any atom is 0.264 e. The summed E-state index contributed by atoms with van der Waals surface area (Å²) in [4.78, 5) is 0.254. The number of methoxy groups -OCH3 is 2. The Kier molecular flexibility index (Phi) is 6.13. The van der Waals surface area contributed by atoms with Crippen LogP contribution in [-0.4, -0.2) is 22.6 Å². The van der Waals surface area contributed by atoms with Gasteiger partial charge in [-0.05, 0) is 55.8 Å². The molecule has 0 aliphatic heterocycles. The molecule has 0 spiro atoms. The number of ether oxygens (including phenoxy) is 2. The minimum Gasteiger partial charge on any atom is -0.493 e. The van der Waals surface area contributed by atoms with E-state index in [2.05, 4.69) is 0 Å². The number of benzene rings is 3. The van der Waals surface area contributed by atoms with Crippen molar-refractivity contribution in [3.05, 3.63) is 83.4 Å². The Morgan fingerprint density at radius 3 is 1.86 bits per heavy atom. The first-order valence-electron chi connectivity index (χ1n) is 9.22. The first kappa shape index (κ1) is 20.7. The van der Waals surface area contributed by atoms with Crippen LogP contribution in [0.3, 0.4) is 0 Å². The van der Waals surface area contributed by atoms with E-state index in [4.69, 9.17) is 9.47 Å². The van der Waals surface area contributed by atoms with Crippen molar-refractivity contribution in [2.75, 3.05) is 18.5 Å². The second kappa shape index (κ2) is 8.57. The van der Waals surface area contributed by atoms with Crippen LogP contribution in [0.2, 0.25) is 0 Å². The second-order valence-electron chi connectivity index (χ2n) is 6.85. The van der Waals surface area contributed by atoms with E-state index in [9.17, 15) is 8.42 Å².